The van der Waals surface area contributed by atoms with Gasteiger partial charge in [0.2, 0.25) is 5.91 Å². The van der Waals surface area contributed by atoms with Gasteiger partial charge in [-0.25, -0.2) is 4.79 Å². The third-order valence-electron chi connectivity index (χ3n) is 3.31. The number of alkyl halides is 3. The summed E-state index contributed by atoms with van der Waals surface area (Å²) in [5, 5.41) is 14.1. The predicted octanol–water partition coefficient (Wildman–Crippen LogP) is 2.01. The number of nitrogens with one attached hydrogen (secondary N) is 2. The number of nitrogens with zero attached hydrogens (tertiary/aromatic N) is 1. The van der Waals surface area contributed by atoms with E-state index in [0.29, 0.717) is 0 Å². The summed E-state index contributed by atoms with van der Waals surface area (Å²) in [6.07, 6.45) is 0.0865. The molecule has 0 aromatic heterocycles. The highest BCUT2D eigenvalue weighted by molar-refractivity contribution is 8.00. The number of carbonyl (C=O) groups is 2. The van der Waals surface area contributed by atoms with Crippen molar-refractivity contribution in [2.45, 2.75) is 22.9 Å². The number of halogens is 3. The first-order valence-electron chi connectivity index (χ1n) is 7.12. The van der Waals surface area contributed by atoms with Crippen LogP contribution in [0.2, 0.25) is 0 Å². The quantitative estimate of drug-likeness (QED) is 0.715. The van der Waals surface area contributed by atoms with Gasteiger partial charge in [0.1, 0.15) is 6.04 Å². The second-order valence-electron chi connectivity index (χ2n) is 5.02. The van der Waals surface area contributed by atoms with E-state index in [-0.39, 0.29) is 54.4 Å². The van der Waals surface area contributed by atoms with Gasteiger partial charge in [-0.2, -0.15) is 13.2 Å². The molecule has 0 radical (unpaired) electrons. The van der Waals surface area contributed by atoms with E-state index in [9.17, 15) is 22.8 Å². The van der Waals surface area contributed by atoms with E-state index in [0.717, 1.165) is 0 Å². The lowest BCUT2D eigenvalue weighted by Crippen LogP contribution is -2.58. The maximum Gasteiger partial charge on any atom is 0.446 e. The molecule has 1 aliphatic heterocycles. The fourth-order valence-electron chi connectivity index (χ4n) is 2.33. The summed E-state index contributed by atoms with van der Waals surface area (Å²) in [6, 6.07) is 3.95. The molecule has 132 valence electrons. The highest BCUT2D eigenvalue weighted by Crippen LogP contribution is 2.37. The number of piperazine rings is 1. The van der Waals surface area contributed by atoms with Crippen LogP contribution < -0.4 is 10.6 Å². The van der Waals surface area contributed by atoms with E-state index in [2.05, 4.69) is 10.6 Å². The lowest BCUT2D eigenvalue weighted by Gasteiger charge is -2.34. The van der Waals surface area contributed by atoms with Crippen molar-refractivity contribution in [3.05, 3.63) is 24.3 Å². The van der Waals surface area contributed by atoms with E-state index < -0.39 is 17.6 Å². The maximum atomic E-state index is 12.4. The molecule has 0 aliphatic carbocycles. The van der Waals surface area contributed by atoms with Crippen molar-refractivity contribution in [1.82, 2.24) is 10.2 Å². The molecule has 2 rings (SSSR count). The molecule has 1 atom stereocenters. The van der Waals surface area contributed by atoms with Crippen LogP contribution in [0.15, 0.2) is 29.2 Å². The molecule has 1 unspecified atom stereocenters. The van der Waals surface area contributed by atoms with Gasteiger partial charge in [0, 0.05) is 30.3 Å². The fourth-order valence-corrected chi connectivity index (χ4v) is 2.93. The zero-order valence-corrected chi connectivity index (χ0v) is 13.3. The van der Waals surface area contributed by atoms with Gasteiger partial charge >= 0.3 is 11.5 Å². The van der Waals surface area contributed by atoms with Crippen molar-refractivity contribution in [3.8, 4) is 0 Å². The molecule has 24 heavy (non-hydrogen) atoms. The van der Waals surface area contributed by atoms with Gasteiger partial charge in [-0.3, -0.25) is 4.79 Å². The molecule has 1 heterocycles. The van der Waals surface area contributed by atoms with Crippen molar-refractivity contribution in [3.63, 3.8) is 0 Å². The summed E-state index contributed by atoms with van der Waals surface area (Å²) in [5.74, 6) is -0.369. The third kappa shape index (κ3) is 5.03. The van der Waals surface area contributed by atoms with Crippen molar-refractivity contribution < 1.29 is 27.9 Å². The van der Waals surface area contributed by atoms with Crippen molar-refractivity contribution in [2.75, 3.05) is 25.0 Å². The Balaban J connectivity index is 2.08. The molecule has 1 aromatic rings. The Hall–Kier alpha value is -1.94. The third-order valence-corrected chi connectivity index (χ3v) is 4.03. The van der Waals surface area contributed by atoms with E-state index in [1.54, 1.807) is 0 Å². The van der Waals surface area contributed by atoms with Gasteiger partial charge in [0.25, 0.3) is 0 Å². The van der Waals surface area contributed by atoms with Gasteiger partial charge in [-0.1, -0.05) is 6.07 Å². The summed E-state index contributed by atoms with van der Waals surface area (Å²) in [5.41, 5.74) is -4.22. The number of aliphatic hydroxyl groups is 1. The number of hydrogen-bond donors (Lipinski definition) is 3. The number of thioether (sulfide) groups is 1. The topological polar surface area (TPSA) is 81.7 Å². The van der Waals surface area contributed by atoms with E-state index in [1.807, 2.05) is 0 Å². The van der Waals surface area contributed by atoms with E-state index >= 15 is 0 Å². The van der Waals surface area contributed by atoms with Crippen LogP contribution >= 0.6 is 11.8 Å². The zero-order chi connectivity index (χ0) is 17.7. The number of aliphatic hydroxyl groups excluding tert-OH is 1. The standard InChI is InChI=1S/C14H16F3N3O3S/c15-14(16,17)24-10-3-1-2-9(8-10)19-13(23)20-6-5-18-12(22)11(20)4-7-21/h1-3,8,11,21H,4-7H2,(H,18,22)(H,19,23). The van der Waals surface area contributed by atoms with Gasteiger partial charge in [-0.15, -0.1) is 0 Å². The molecule has 3 N–H and O–H groups in total. The first kappa shape index (κ1) is 18.4. The number of rotatable bonds is 4. The maximum absolute atomic E-state index is 12.4. The van der Waals surface area contributed by atoms with E-state index in [4.69, 9.17) is 5.11 Å². The van der Waals surface area contributed by atoms with Crippen LogP contribution in [0.1, 0.15) is 6.42 Å². The molecule has 0 bridgehead atoms. The Morgan fingerprint density at radius 2 is 2.21 bits per heavy atom. The molecular weight excluding hydrogens is 347 g/mol. The van der Waals surface area contributed by atoms with Gasteiger partial charge in [0.05, 0.1) is 0 Å². The fraction of sp³-hybridized carbons (Fsp3) is 0.429. The summed E-state index contributed by atoms with van der Waals surface area (Å²) < 4.78 is 37.2. The van der Waals surface area contributed by atoms with Crippen molar-refractivity contribution in [1.29, 1.82) is 0 Å². The van der Waals surface area contributed by atoms with Gasteiger partial charge < -0.3 is 20.6 Å². The van der Waals surface area contributed by atoms with Crippen LogP contribution in [-0.2, 0) is 4.79 Å². The number of benzene rings is 1. The van der Waals surface area contributed by atoms with Crippen LogP contribution in [0, 0.1) is 0 Å². The Morgan fingerprint density at radius 3 is 2.88 bits per heavy atom. The first-order valence-corrected chi connectivity index (χ1v) is 7.94. The smallest absolute Gasteiger partial charge is 0.396 e. The molecule has 0 spiro atoms. The minimum absolute atomic E-state index is 0.0522. The SMILES string of the molecule is O=C1NCCN(C(=O)Nc2cccc(SC(F)(F)F)c2)C1CCO. The van der Waals surface area contributed by atoms with Gasteiger partial charge in [0.15, 0.2) is 0 Å². The molecule has 0 saturated carbocycles. The van der Waals surface area contributed by atoms with Crippen LogP contribution in [0.3, 0.4) is 0 Å². The van der Waals surface area contributed by atoms with Crippen LogP contribution in [-0.4, -0.2) is 53.2 Å². The molecule has 1 fully saturated rings. The van der Waals surface area contributed by atoms with E-state index in [1.165, 1.54) is 29.2 Å². The summed E-state index contributed by atoms with van der Waals surface area (Å²) in [6.45, 7) is 0.261. The first-order chi connectivity index (χ1) is 11.3. The van der Waals surface area contributed by atoms with Crippen LogP contribution in [0.5, 0.6) is 0 Å². The summed E-state index contributed by atoms with van der Waals surface area (Å²) >= 11 is -0.275. The second-order valence-corrected chi connectivity index (χ2v) is 6.16. The number of anilines is 1. The number of urea groups is 1. The highest BCUT2D eigenvalue weighted by Gasteiger charge is 2.33. The Bertz CT molecular complexity index is 612. The summed E-state index contributed by atoms with van der Waals surface area (Å²) in [4.78, 5) is 25.3. The highest BCUT2D eigenvalue weighted by atomic mass is 32.2. The average Bonchev–Trinajstić information content (AvgIpc) is 2.48. The van der Waals surface area contributed by atoms with Crippen LogP contribution in [0.4, 0.5) is 23.7 Å². The zero-order valence-electron chi connectivity index (χ0n) is 12.5. The largest absolute Gasteiger partial charge is 0.446 e. The van der Waals surface area contributed by atoms with Crippen molar-refractivity contribution in [2.24, 2.45) is 0 Å². The molecule has 1 aliphatic rings. The minimum atomic E-state index is -4.42. The Kier molecular flexibility index (Phi) is 5.94. The average molecular weight is 363 g/mol. The minimum Gasteiger partial charge on any atom is -0.396 e. The van der Waals surface area contributed by atoms with Crippen molar-refractivity contribution >= 4 is 29.4 Å². The Labute approximate surface area is 140 Å². The van der Waals surface area contributed by atoms with Crippen LogP contribution in [0.25, 0.3) is 0 Å². The normalized spacial score (nSPS) is 18.2. The number of carbonyl (C=O) groups excluding carboxylic acids is 2. The predicted molar refractivity (Wildman–Crippen MR) is 82.6 cm³/mol. The molecule has 10 heteroatoms. The Morgan fingerprint density at radius 1 is 1.46 bits per heavy atom. The molecule has 3 amide bonds. The molecule has 1 saturated heterocycles. The number of hydrogen-bond acceptors (Lipinski definition) is 4. The molecular formula is C14H16F3N3O3S. The molecule has 1 aromatic carbocycles. The summed E-state index contributed by atoms with van der Waals surface area (Å²) in [7, 11) is 0. The lowest BCUT2D eigenvalue weighted by molar-refractivity contribution is -0.128. The molecule has 6 nitrogen and oxygen atoms in total. The lowest BCUT2D eigenvalue weighted by atomic mass is 10.1. The number of amides is 3. The second kappa shape index (κ2) is 7.75. The monoisotopic (exact) mass is 363 g/mol. The van der Waals surface area contributed by atoms with Gasteiger partial charge in [-0.05, 0) is 36.4 Å².